The first-order valence-electron chi connectivity index (χ1n) is 5.11. The monoisotopic (exact) mass is 253 g/mol. The minimum absolute atomic E-state index is 0.186. The summed E-state index contributed by atoms with van der Waals surface area (Å²) < 4.78 is 34.2. The molecule has 1 aliphatic heterocycles. The summed E-state index contributed by atoms with van der Waals surface area (Å²) in [5.41, 5.74) is 0.976. The fraction of sp³-hybridized carbons (Fsp3) is 0.182. The van der Waals surface area contributed by atoms with Crippen LogP contribution in [0.25, 0.3) is 0 Å². The largest absolute Gasteiger partial charge is 0.744 e. The Kier molecular flexibility index (Phi) is 3.10. The van der Waals surface area contributed by atoms with Gasteiger partial charge in [0.05, 0.1) is 4.90 Å². The highest BCUT2D eigenvalue weighted by Gasteiger charge is 2.14. The zero-order valence-electron chi connectivity index (χ0n) is 9.33. The molecule has 0 aliphatic carbocycles. The summed E-state index contributed by atoms with van der Waals surface area (Å²) in [5.74, 6) is 0. The van der Waals surface area contributed by atoms with E-state index in [1.165, 1.54) is 12.1 Å². The van der Waals surface area contributed by atoms with E-state index in [2.05, 4.69) is 0 Å². The Hall–Kier alpha value is -1.50. The van der Waals surface area contributed by atoms with Crippen LogP contribution in [0.5, 0.6) is 0 Å². The third-order valence-corrected chi connectivity index (χ3v) is 3.36. The lowest BCUT2D eigenvalue weighted by molar-refractivity contribution is -0.763. The first-order chi connectivity index (χ1) is 7.95. The SMILES string of the molecule is C[N+]1=C[NH+](Cc2ccc(S(=O)(=O)[O-])cc2)C=C1. The van der Waals surface area contributed by atoms with Crippen molar-refractivity contribution in [1.82, 2.24) is 0 Å². The second-order valence-electron chi connectivity index (χ2n) is 3.96. The van der Waals surface area contributed by atoms with Gasteiger partial charge in [-0.25, -0.2) is 13.3 Å². The number of hydrogen-bond donors (Lipinski definition) is 1. The maximum atomic E-state index is 10.7. The Morgan fingerprint density at radius 1 is 1.29 bits per heavy atom. The summed E-state index contributed by atoms with van der Waals surface area (Å²) in [4.78, 5) is 0.958. The average molecular weight is 253 g/mol. The fourth-order valence-electron chi connectivity index (χ4n) is 1.68. The van der Waals surface area contributed by atoms with Crippen LogP contribution < -0.4 is 4.90 Å². The zero-order valence-corrected chi connectivity index (χ0v) is 10.1. The van der Waals surface area contributed by atoms with Crippen molar-refractivity contribution >= 4 is 16.5 Å². The molecule has 1 aromatic carbocycles. The van der Waals surface area contributed by atoms with E-state index in [4.69, 9.17) is 0 Å². The molecule has 1 unspecified atom stereocenters. The molecule has 0 bridgehead atoms. The van der Waals surface area contributed by atoms with E-state index < -0.39 is 10.1 Å². The second-order valence-corrected chi connectivity index (χ2v) is 5.34. The Morgan fingerprint density at radius 3 is 2.41 bits per heavy atom. The van der Waals surface area contributed by atoms with Gasteiger partial charge in [-0.3, -0.25) is 0 Å². The van der Waals surface area contributed by atoms with Crippen molar-refractivity contribution < 1.29 is 22.4 Å². The summed E-state index contributed by atoms with van der Waals surface area (Å²) in [5, 5.41) is 0. The fourth-order valence-corrected chi connectivity index (χ4v) is 2.14. The van der Waals surface area contributed by atoms with Gasteiger partial charge in [-0.05, 0) is 12.1 Å². The Balaban J connectivity index is 2.12. The molecule has 6 heteroatoms. The summed E-state index contributed by atoms with van der Waals surface area (Å²) in [6.07, 6.45) is 5.95. The molecule has 17 heavy (non-hydrogen) atoms. The smallest absolute Gasteiger partial charge is 0.335 e. The van der Waals surface area contributed by atoms with Gasteiger partial charge in [-0.1, -0.05) is 12.1 Å². The van der Waals surface area contributed by atoms with Crippen LogP contribution in [-0.4, -0.2) is 30.9 Å². The molecule has 1 atom stereocenters. The van der Waals surface area contributed by atoms with E-state index in [0.717, 1.165) is 17.0 Å². The van der Waals surface area contributed by atoms with Crippen LogP contribution >= 0.6 is 0 Å². The van der Waals surface area contributed by atoms with Crippen molar-refractivity contribution in [3.8, 4) is 0 Å². The van der Waals surface area contributed by atoms with Gasteiger partial charge in [0.15, 0.2) is 6.20 Å². The van der Waals surface area contributed by atoms with Gasteiger partial charge >= 0.3 is 6.34 Å². The van der Waals surface area contributed by atoms with Crippen LogP contribution in [-0.2, 0) is 16.7 Å². The van der Waals surface area contributed by atoms with Crippen LogP contribution in [0.3, 0.4) is 0 Å². The summed E-state index contributed by atoms with van der Waals surface area (Å²) in [7, 11) is -2.40. The lowest BCUT2D eigenvalue weighted by Crippen LogP contribution is -3.04. The molecule has 0 saturated heterocycles. The molecule has 1 heterocycles. The second kappa shape index (κ2) is 4.40. The summed E-state index contributed by atoms with van der Waals surface area (Å²) in [6.45, 7) is 0.722. The highest BCUT2D eigenvalue weighted by atomic mass is 32.2. The highest BCUT2D eigenvalue weighted by molar-refractivity contribution is 7.85. The van der Waals surface area contributed by atoms with Gasteiger partial charge in [-0.2, -0.15) is 4.58 Å². The van der Waals surface area contributed by atoms with Gasteiger partial charge in [-0.15, -0.1) is 0 Å². The predicted molar refractivity (Wildman–Crippen MR) is 60.5 cm³/mol. The molecule has 1 N–H and O–H groups in total. The van der Waals surface area contributed by atoms with Gasteiger partial charge in [0.2, 0.25) is 6.20 Å². The molecule has 0 spiro atoms. The molecule has 1 aromatic rings. The molecular formula is C11H13N2O3S+. The van der Waals surface area contributed by atoms with Gasteiger partial charge < -0.3 is 4.55 Å². The summed E-state index contributed by atoms with van der Waals surface area (Å²) in [6, 6.07) is 6.02. The van der Waals surface area contributed by atoms with Crippen LogP contribution in [0.2, 0.25) is 0 Å². The Morgan fingerprint density at radius 2 is 1.94 bits per heavy atom. The number of rotatable bonds is 3. The van der Waals surface area contributed by atoms with Crippen molar-refractivity contribution in [2.24, 2.45) is 0 Å². The maximum Gasteiger partial charge on any atom is 0.335 e. The molecule has 0 radical (unpaired) electrons. The van der Waals surface area contributed by atoms with Crippen LogP contribution in [0, 0.1) is 0 Å². The molecule has 1 aliphatic rings. The van der Waals surface area contributed by atoms with E-state index >= 15 is 0 Å². The van der Waals surface area contributed by atoms with E-state index in [1.807, 2.05) is 30.4 Å². The average Bonchev–Trinajstić information content (AvgIpc) is 2.63. The Bertz CT molecular complexity index is 573. The van der Waals surface area contributed by atoms with Crippen molar-refractivity contribution in [2.45, 2.75) is 11.4 Å². The lowest BCUT2D eigenvalue weighted by Gasteiger charge is -2.08. The molecule has 0 saturated carbocycles. The molecular weight excluding hydrogens is 240 g/mol. The normalized spacial score (nSPS) is 19.4. The van der Waals surface area contributed by atoms with Gasteiger partial charge in [0, 0.05) is 5.56 Å². The third kappa shape index (κ3) is 3.00. The maximum absolute atomic E-state index is 10.7. The van der Waals surface area contributed by atoms with Crippen LogP contribution in [0.4, 0.5) is 0 Å². The van der Waals surface area contributed by atoms with Crippen molar-refractivity contribution in [3.05, 3.63) is 42.2 Å². The number of benzene rings is 1. The first kappa shape index (κ1) is 12.0. The minimum atomic E-state index is -4.34. The van der Waals surface area contributed by atoms with Crippen molar-refractivity contribution in [1.29, 1.82) is 0 Å². The van der Waals surface area contributed by atoms with E-state index in [0.29, 0.717) is 0 Å². The molecule has 0 amide bonds. The van der Waals surface area contributed by atoms with Crippen LogP contribution in [0.1, 0.15) is 5.56 Å². The molecule has 0 aromatic heterocycles. The minimum Gasteiger partial charge on any atom is -0.744 e. The van der Waals surface area contributed by atoms with Gasteiger partial charge in [0.1, 0.15) is 23.7 Å². The number of nitrogens with zero attached hydrogens (tertiary/aromatic N) is 1. The topological polar surface area (TPSA) is 64.7 Å². The zero-order chi connectivity index (χ0) is 12.5. The standard InChI is InChI=1S/C11H12N2O3S/c1-12-6-7-13(9-12)8-10-2-4-11(5-3-10)17(14,15)16/h2-7,9H,8H2,1H3/p+1. The predicted octanol–water partition coefficient (Wildman–Crippen LogP) is -0.869. The number of hydrogen-bond acceptors (Lipinski definition) is 3. The number of nitrogens with one attached hydrogen (secondary N) is 1. The molecule has 90 valence electrons. The molecule has 0 fully saturated rings. The number of quaternary nitrogens is 1. The first-order valence-corrected chi connectivity index (χ1v) is 6.52. The van der Waals surface area contributed by atoms with Crippen molar-refractivity contribution in [3.63, 3.8) is 0 Å². The highest BCUT2D eigenvalue weighted by Crippen LogP contribution is 2.09. The lowest BCUT2D eigenvalue weighted by atomic mass is 10.2. The van der Waals surface area contributed by atoms with Crippen LogP contribution in [0.15, 0.2) is 41.6 Å². The molecule has 2 rings (SSSR count). The summed E-state index contributed by atoms with van der Waals surface area (Å²) >= 11 is 0. The van der Waals surface area contributed by atoms with E-state index in [-0.39, 0.29) is 4.90 Å². The third-order valence-electron chi connectivity index (χ3n) is 2.51. The van der Waals surface area contributed by atoms with Gasteiger partial charge in [0.25, 0.3) is 0 Å². The molecule has 5 nitrogen and oxygen atoms in total. The van der Waals surface area contributed by atoms with E-state index in [9.17, 15) is 13.0 Å². The van der Waals surface area contributed by atoms with E-state index in [1.54, 1.807) is 12.1 Å². The quantitative estimate of drug-likeness (QED) is 0.562. The van der Waals surface area contributed by atoms with Crippen molar-refractivity contribution in [2.75, 3.05) is 7.05 Å². The Labute approximate surface area is 100 Å².